The normalized spacial score (nSPS) is 14.3. The number of nitrogens with zero attached hydrogens (tertiary/aromatic N) is 1. The number of benzene rings is 1. The Morgan fingerprint density at radius 1 is 1.18 bits per heavy atom. The Morgan fingerprint density at radius 3 is 2.82 bits per heavy atom. The summed E-state index contributed by atoms with van der Waals surface area (Å²) in [6, 6.07) is 11.4. The second kappa shape index (κ2) is 7.13. The number of carbonyl (C=O) groups is 1. The van der Waals surface area contributed by atoms with Crippen molar-refractivity contribution < 1.29 is 13.9 Å². The van der Waals surface area contributed by atoms with E-state index in [9.17, 15) is 4.79 Å². The molecule has 1 saturated heterocycles. The highest BCUT2D eigenvalue weighted by Gasteiger charge is 2.17. The van der Waals surface area contributed by atoms with Gasteiger partial charge in [-0.25, -0.2) is 4.79 Å². The third-order valence-corrected chi connectivity index (χ3v) is 3.66. The fraction of sp³-hybridized carbons (Fsp3) is 0.353. The molecule has 0 unspecified atom stereocenters. The van der Waals surface area contributed by atoms with Crippen LogP contribution in [-0.2, 0) is 18.0 Å². The Labute approximate surface area is 129 Å². The lowest BCUT2D eigenvalue weighted by molar-refractivity contribution is 0.0930. The molecule has 22 heavy (non-hydrogen) atoms. The van der Waals surface area contributed by atoms with Crippen molar-refractivity contribution in [2.45, 2.75) is 26.1 Å². The molecule has 3 rings (SSSR count). The van der Waals surface area contributed by atoms with E-state index in [0.717, 1.165) is 42.9 Å². The summed E-state index contributed by atoms with van der Waals surface area (Å²) in [5.41, 5.74) is 1.82. The van der Waals surface area contributed by atoms with E-state index in [1.54, 1.807) is 6.26 Å². The van der Waals surface area contributed by atoms with Crippen LogP contribution in [0.3, 0.4) is 0 Å². The maximum atomic E-state index is 12.1. The van der Waals surface area contributed by atoms with Gasteiger partial charge in [-0.05, 0) is 42.7 Å². The molecule has 1 aliphatic heterocycles. The van der Waals surface area contributed by atoms with Gasteiger partial charge in [0.1, 0.15) is 12.4 Å². The SMILES string of the molecule is O=C(Nc1cccc(COCc2ccco2)c1)N1CCCC1. The molecule has 2 heterocycles. The minimum Gasteiger partial charge on any atom is -0.467 e. The number of anilines is 1. The van der Waals surface area contributed by atoms with Crippen LogP contribution in [0.2, 0.25) is 0 Å². The van der Waals surface area contributed by atoms with Crippen LogP contribution < -0.4 is 5.32 Å². The predicted octanol–water partition coefficient (Wildman–Crippen LogP) is 3.62. The summed E-state index contributed by atoms with van der Waals surface area (Å²) in [6.45, 7) is 2.61. The average molecular weight is 300 g/mol. The molecular weight excluding hydrogens is 280 g/mol. The van der Waals surface area contributed by atoms with E-state index in [-0.39, 0.29) is 6.03 Å². The van der Waals surface area contributed by atoms with Crippen LogP contribution in [0.15, 0.2) is 47.1 Å². The van der Waals surface area contributed by atoms with Crippen LogP contribution in [0.1, 0.15) is 24.2 Å². The monoisotopic (exact) mass is 300 g/mol. The fourth-order valence-electron chi connectivity index (χ4n) is 2.53. The summed E-state index contributed by atoms with van der Waals surface area (Å²) in [5.74, 6) is 0.804. The molecule has 0 saturated carbocycles. The molecule has 5 heteroatoms. The first-order valence-electron chi connectivity index (χ1n) is 7.56. The fourth-order valence-corrected chi connectivity index (χ4v) is 2.53. The molecule has 116 valence electrons. The number of rotatable bonds is 5. The van der Waals surface area contributed by atoms with Crippen molar-refractivity contribution in [1.29, 1.82) is 0 Å². The van der Waals surface area contributed by atoms with Gasteiger partial charge in [0.15, 0.2) is 0 Å². The molecule has 1 aromatic carbocycles. The Kier molecular flexibility index (Phi) is 4.75. The molecule has 0 aliphatic carbocycles. The van der Waals surface area contributed by atoms with E-state index in [1.807, 2.05) is 41.3 Å². The molecule has 0 bridgehead atoms. The van der Waals surface area contributed by atoms with Gasteiger partial charge >= 0.3 is 6.03 Å². The minimum atomic E-state index is -0.0221. The van der Waals surface area contributed by atoms with E-state index >= 15 is 0 Å². The standard InChI is InChI=1S/C17H20N2O3/c20-17(19-8-1-2-9-19)18-15-6-3-5-14(11-15)12-21-13-16-7-4-10-22-16/h3-7,10-11H,1-2,8-9,12-13H2,(H,18,20). The van der Waals surface area contributed by atoms with Crippen LogP contribution in [0, 0.1) is 0 Å². The van der Waals surface area contributed by atoms with Crippen LogP contribution in [-0.4, -0.2) is 24.0 Å². The van der Waals surface area contributed by atoms with Crippen molar-refractivity contribution in [3.63, 3.8) is 0 Å². The summed E-state index contributed by atoms with van der Waals surface area (Å²) >= 11 is 0. The molecule has 1 aromatic heterocycles. The van der Waals surface area contributed by atoms with Gasteiger partial charge in [-0.3, -0.25) is 0 Å². The Bertz CT molecular complexity index is 604. The van der Waals surface area contributed by atoms with Gasteiger partial charge in [0.25, 0.3) is 0 Å². The highest BCUT2D eigenvalue weighted by atomic mass is 16.5. The lowest BCUT2D eigenvalue weighted by Crippen LogP contribution is -2.32. The van der Waals surface area contributed by atoms with E-state index < -0.39 is 0 Å². The topological polar surface area (TPSA) is 54.7 Å². The number of nitrogens with one attached hydrogen (secondary N) is 1. The first-order chi connectivity index (χ1) is 10.8. The quantitative estimate of drug-likeness (QED) is 0.917. The predicted molar refractivity (Wildman–Crippen MR) is 83.5 cm³/mol. The van der Waals surface area contributed by atoms with Gasteiger partial charge in [-0.2, -0.15) is 0 Å². The number of ether oxygens (including phenoxy) is 1. The molecule has 0 spiro atoms. The third kappa shape index (κ3) is 3.89. The molecule has 0 atom stereocenters. The van der Waals surface area contributed by atoms with E-state index in [2.05, 4.69) is 5.32 Å². The van der Waals surface area contributed by atoms with Crippen LogP contribution in [0.4, 0.5) is 10.5 Å². The first kappa shape index (κ1) is 14.7. The van der Waals surface area contributed by atoms with Gasteiger partial charge < -0.3 is 19.4 Å². The maximum absolute atomic E-state index is 12.1. The largest absolute Gasteiger partial charge is 0.467 e. The molecule has 5 nitrogen and oxygen atoms in total. The summed E-state index contributed by atoms with van der Waals surface area (Å²) < 4.78 is 10.8. The van der Waals surface area contributed by atoms with Crippen molar-refractivity contribution in [1.82, 2.24) is 4.90 Å². The Balaban J connectivity index is 1.51. The zero-order valence-electron chi connectivity index (χ0n) is 12.5. The second-order valence-corrected chi connectivity index (χ2v) is 5.40. The molecule has 2 amide bonds. The van der Waals surface area contributed by atoms with Gasteiger partial charge in [0.2, 0.25) is 0 Å². The molecule has 1 aliphatic rings. The number of furan rings is 1. The van der Waals surface area contributed by atoms with Crippen molar-refractivity contribution in [3.8, 4) is 0 Å². The highest BCUT2D eigenvalue weighted by molar-refractivity contribution is 5.89. The van der Waals surface area contributed by atoms with Crippen molar-refractivity contribution >= 4 is 11.7 Å². The van der Waals surface area contributed by atoms with Gasteiger partial charge in [0, 0.05) is 18.8 Å². The van der Waals surface area contributed by atoms with Crippen LogP contribution in [0.25, 0.3) is 0 Å². The lowest BCUT2D eigenvalue weighted by Gasteiger charge is -2.16. The maximum Gasteiger partial charge on any atom is 0.321 e. The van der Waals surface area contributed by atoms with Crippen LogP contribution >= 0.6 is 0 Å². The summed E-state index contributed by atoms with van der Waals surface area (Å²) in [4.78, 5) is 13.9. The number of amides is 2. The molecular formula is C17H20N2O3. The van der Waals surface area contributed by atoms with Gasteiger partial charge in [-0.15, -0.1) is 0 Å². The van der Waals surface area contributed by atoms with Crippen LogP contribution in [0.5, 0.6) is 0 Å². The summed E-state index contributed by atoms with van der Waals surface area (Å²) in [5, 5.41) is 2.94. The summed E-state index contributed by atoms with van der Waals surface area (Å²) in [6.07, 6.45) is 3.81. The zero-order chi connectivity index (χ0) is 15.2. The molecule has 0 radical (unpaired) electrons. The highest BCUT2D eigenvalue weighted by Crippen LogP contribution is 2.15. The number of hydrogen-bond acceptors (Lipinski definition) is 3. The van der Waals surface area contributed by atoms with Gasteiger partial charge in [-0.1, -0.05) is 12.1 Å². The van der Waals surface area contributed by atoms with Crippen molar-refractivity contribution in [2.75, 3.05) is 18.4 Å². The summed E-state index contributed by atoms with van der Waals surface area (Å²) in [7, 11) is 0. The number of carbonyl (C=O) groups excluding carboxylic acids is 1. The smallest absolute Gasteiger partial charge is 0.321 e. The second-order valence-electron chi connectivity index (χ2n) is 5.40. The third-order valence-electron chi connectivity index (χ3n) is 3.66. The Hall–Kier alpha value is -2.27. The molecule has 1 N–H and O–H groups in total. The molecule has 2 aromatic rings. The van der Waals surface area contributed by atoms with Gasteiger partial charge in [0.05, 0.1) is 12.9 Å². The van der Waals surface area contributed by atoms with Crippen molar-refractivity contribution in [3.05, 3.63) is 54.0 Å². The average Bonchev–Trinajstić information content (AvgIpc) is 3.21. The lowest BCUT2D eigenvalue weighted by atomic mass is 10.2. The Morgan fingerprint density at radius 2 is 2.05 bits per heavy atom. The number of hydrogen-bond donors (Lipinski definition) is 1. The molecule has 1 fully saturated rings. The van der Waals surface area contributed by atoms with Crippen molar-refractivity contribution in [2.24, 2.45) is 0 Å². The minimum absolute atomic E-state index is 0.0221. The van der Waals surface area contributed by atoms with E-state index in [0.29, 0.717) is 13.2 Å². The van der Waals surface area contributed by atoms with E-state index in [1.165, 1.54) is 0 Å². The zero-order valence-corrected chi connectivity index (χ0v) is 12.5. The van der Waals surface area contributed by atoms with E-state index in [4.69, 9.17) is 9.15 Å². The number of likely N-dealkylation sites (tertiary alicyclic amines) is 1. The number of urea groups is 1. The first-order valence-corrected chi connectivity index (χ1v) is 7.56.